The van der Waals surface area contributed by atoms with Crippen LogP contribution in [-0.4, -0.2) is 39.3 Å². The van der Waals surface area contributed by atoms with Gasteiger partial charge in [0.15, 0.2) is 0 Å². The summed E-state index contributed by atoms with van der Waals surface area (Å²) in [5.41, 5.74) is 1.96. The Morgan fingerprint density at radius 2 is 2.00 bits per heavy atom. The second-order valence-corrected chi connectivity index (χ2v) is 6.72. The molecule has 146 valence electrons. The maximum atomic E-state index is 13.4. The number of pyridine rings is 1. The molecule has 0 amide bonds. The molecule has 1 fully saturated rings. The van der Waals surface area contributed by atoms with Crippen LogP contribution >= 0.6 is 11.6 Å². The molecule has 1 saturated heterocycles. The minimum Gasteiger partial charge on any atom is -0.483 e. The number of halogens is 2. The summed E-state index contributed by atoms with van der Waals surface area (Å²) in [5.74, 6) is 0.710. The van der Waals surface area contributed by atoms with Gasteiger partial charge in [-0.1, -0.05) is 11.6 Å². The largest absolute Gasteiger partial charge is 0.483 e. The zero-order chi connectivity index (χ0) is 19.9. The molecule has 4 rings (SSSR count). The monoisotopic (exact) mass is 403 g/mol. The van der Waals surface area contributed by atoms with Gasteiger partial charge in [0.25, 0.3) is 6.47 Å². The molecular weight excluding hydrogens is 385 g/mol. The fourth-order valence-electron chi connectivity index (χ4n) is 3.37. The molecule has 1 aliphatic rings. The SMILES string of the molecule is Fc1ccc(-c2nccn2[C@@H]2COC[C@H]2Cc2ccncc2)c(Cl)c1.O=CO. The molecule has 0 saturated carbocycles. The Labute approximate surface area is 166 Å². The average Bonchev–Trinajstić information content (AvgIpc) is 3.32. The molecule has 0 aliphatic carbocycles. The fourth-order valence-corrected chi connectivity index (χ4v) is 3.62. The highest BCUT2D eigenvalue weighted by Crippen LogP contribution is 2.34. The van der Waals surface area contributed by atoms with Crippen LogP contribution in [0.15, 0.2) is 55.1 Å². The quantitative estimate of drug-likeness (QED) is 0.669. The van der Waals surface area contributed by atoms with Crippen LogP contribution in [0.25, 0.3) is 11.4 Å². The van der Waals surface area contributed by atoms with E-state index in [0.29, 0.717) is 24.2 Å². The van der Waals surface area contributed by atoms with Crippen LogP contribution < -0.4 is 0 Å². The van der Waals surface area contributed by atoms with E-state index in [1.54, 1.807) is 24.7 Å². The summed E-state index contributed by atoms with van der Waals surface area (Å²) in [7, 11) is 0. The molecule has 3 aromatic rings. The van der Waals surface area contributed by atoms with Gasteiger partial charge in [-0.15, -0.1) is 0 Å². The van der Waals surface area contributed by atoms with Crippen molar-refractivity contribution >= 4 is 18.1 Å². The lowest BCUT2D eigenvalue weighted by Crippen LogP contribution is -2.20. The lowest BCUT2D eigenvalue weighted by atomic mass is 9.95. The van der Waals surface area contributed by atoms with Crippen LogP contribution in [0, 0.1) is 11.7 Å². The number of ether oxygens (including phenoxy) is 1. The van der Waals surface area contributed by atoms with Crippen LogP contribution in [-0.2, 0) is 16.0 Å². The Morgan fingerprint density at radius 1 is 1.25 bits per heavy atom. The molecule has 0 bridgehead atoms. The average molecular weight is 404 g/mol. The van der Waals surface area contributed by atoms with Gasteiger partial charge in [0.1, 0.15) is 11.6 Å². The van der Waals surface area contributed by atoms with Crippen molar-refractivity contribution in [3.8, 4) is 11.4 Å². The lowest BCUT2D eigenvalue weighted by molar-refractivity contribution is -0.122. The summed E-state index contributed by atoms with van der Waals surface area (Å²) < 4.78 is 21.2. The third-order valence-electron chi connectivity index (χ3n) is 4.61. The molecule has 8 heteroatoms. The third kappa shape index (κ3) is 4.55. The van der Waals surface area contributed by atoms with Crippen LogP contribution in [0.2, 0.25) is 5.02 Å². The zero-order valence-corrected chi connectivity index (χ0v) is 15.7. The van der Waals surface area contributed by atoms with Gasteiger partial charge in [0.05, 0.1) is 24.3 Å². The maximum absolute atomic E-state index is 13.4. The van der Waals surface area contributed by atoms with E-state index in [1.165, 1.54) is 17.7 Å². The molecule has 0 unspecified atom stereocenters. The molecule has 28 heavy (non-hydrogen) atoms. The van der Waals surface area contributed by atoms with E-state index in [4.69, 9.17) is 26.2 Å². The zero-order valence-electron chi connectivity index (χ0n) is 14.9. The second-order valence-electron chi connectivity index (χ2n) is 6.31. The van der Waals surface area contributed by atoms with E-state index in [1.807, 2.05) is 18.3 Å². The molecule has 1 aromatic carbocycles. The van der Waals surface area contributed by atoms with Crippen LogP contribution in [0.1, 0.15) is 11.6 Å². The van der Waals surface area contributed by atoms with Crippen LogP contribution in [0.5, 0.6) is 0 Å². The maximum Gasteiger partial charge on any atom is 0.290 e. The van der Waals surface area contributed by atoms with Gasteiger partial charge in [0.2, 0.25) is 0 Å². The highest BCUT2D eigenvalue weighted by Gasteiger charge is 2.31. The van der Waals surface area contributed by atoms with Crippen LogP contribution in [0.3, 0.4) is 0 Å². The minimum absolute atomic E-state index is 0.159. The Morgan fingerprint density at radius 3 is 2.71 bits per heavy atom. The van der Waals surface area contributed by atoms with E-state index in [9.17, 15) is 4.39 Å². The number of carboxylic acid groups (broad SMARTS) is 1. The highest BCUT2D eigenvalue weighted by atomic mass is 35.5. The highest BCUT2D eigenvalue weighted by molar-refractivity contribution is 6.33. The number of hydrogen-bond acceptors (Lipinski definition) is 4. The first-order valence-electron chi connectivity index (χ1n) is 8.66. The summed E-state index contributed by atoms with van der Waals surface area (Å²) in [5, 5.41) is 7.25. The third-order valence-corrected chi connectivity index (χ3v) is 4.92. The fraction of sp³-hybridized carbons (Fsp3) is 0.250. The topological polar surface area (TPSA) is 77.2 Å². The Bertz CT molecular complexity index is 920. The van der Waals surface area contributed by atoms with Crippen molar-refractivity contribution in [2.24, 2.45) is 5.92 Å². The normalized spacial score (nSPS) is 18.4. The van der Waals surface area contributed by atoms with Crippen molar-refractivity contribution in [3.05, 3.63) is 71.5 Å². The molecule has 1 N–H and O–H groups in total. The smallest absolute Gasteiger partial charge is 0.290 e. The van der Waals surface area contributed by atoms with Gasteiger partial charge >= 0.3 is 0 Å². The van der Waals surface area contributed by atoms with Gasteiger partial charge in [-0.2, -0.15) is 0 Å². The standard InChI is InChI=1S/C19H17ClFN3O.CH2O2/c20-17-10-15(21)1-2-16(17)19-23-7-8-24(19)18-12-25-11-14(18)9-13-3-5-22-6-4-13;2-1-3/h1-8,10,14,18H,9,11-12H2;1H,(H,2,3)/t14-,18-;/m1./s1. The molecule has 2 atom stereocenters. The van der Waals surface area contributed by atoms with E-state index < -0.39 is 0 Å². The molecule has 0 spiro atoms. The summed E-state index contributed by atoms with van der Waals surface area (Å²) in [6.07, 6.45) is 8.20. The Kier molecular flexibility index (Phi) is 6.73. The van der Waals surface area contributed by atoms with Gasteiger partial charge < -0.3 is 14.4 Å². The molecule has 6 nitrogen and oxygen atoms in total. The summed E-state index contributed by atoms with van der Waals surface area (Å²) in [6.45, 7) is 1.07. The van der Waals surface area contributed by atoms with Crippen molar-refractivity contribution < 1.29 is 19.0 Å². The number of rotatable bonds is 4. The Hall–Kier alpha value is -2.77. The van der Waals surface area contributed by atoms with Crippen molar-refractivity contribution in [2.75, 3.05) is 13.2 Å². The van der Waals surface area contributed by atoms with Gasteiger partial charge in [-0.25, -0.2) is 9.37 Å². The Balaban J connectivity index is 0.000000706. The van der Waals surface area contributed by atoms with Crippen molar-refractivity contribution in [3.63, 3.8) is 0 Å². The second kappa shape index (κ2) is 9.43. The minimum atomic E-state index is -0.355. The molecular formula is C20H19ClFN3O3. The van der Waals surface area contributed by atoms with Gasteiger partial charge in [0, 0.05) is 36.3 Å². The first-order valence-corrected chi connectivity index (χ1v) is 9.04. The summed E-state index contributed by atoms with van der Waals surface area (Å²) in [6, 6.07) is 8.61. The van der Waals surface area contributed by atoms with Gasteiger partial charge in [-0.3, -0.25) is 9.78 Å². The predicted molar refractivity (Wildman–Crippen MR) is 103 cm³/mol. The van der Waals surface area contributed by atoms with Crippen molar-refractivity contribution in [1.82, 2.24) is 14.5 Å². The molecule has 3 heterocycles. The van der Waals surface area contributed by atoms with Crippen molar-refractivity contribution in [2.45, 2.75) is 12.5 Å². The summed E-state index contributed by atoms with van der Waals surface area (Å²) >= 11 is 6.23. The van der Waals surface area contributed by atoms with E-state index >= 15 is 0 Å². The summed E-state index contributed by atoms with van der Waals surface area (Å²) in [4.78, 5) is 16.9. The number of carbonyl (C=O) groups is 1. The molecule has 2 aromatic heterocycles. The van der Waals surface area contributed by atoms with Crippen molar-refractivity contribution in [1.29, 1.82) is 0 Å². The van der Waals surface area contributed by atoms with Gasteiger partial charge in [-0.05, 0) is 42.3 Å². The van der Waals surface area contributed by atoms with E-state index in [2.05, 4.69) is 14.5 Å². The number of imidazole rings is 1. The molecule has 0 radical (unpaired) electrons. The number of hydrogen-bond donors (Lipinski definition) is 1. The first-order chi connectivity index (χ1) is 13.6. The van der Waals surface area contributed by atoms with Crippen LogP contribution in [0.4, 0.5) is 4.39 Å². The first kappa shape index (κ1) is 20.0. The van der Waals surface area contributed by atoms with E-state index in [0.717, 1.165) is 17.8 Å². The van der Waals surface area contributed by atoms with E-state index in [-0.39, 0.29) is 18.3 Å². The predicted octanol–water partition coefficient (Wildman–Crippen LogP) is 3.87. The molecule has 1 aliphatic heterocycles. The lowest BCUT2D eigenvalue weighted by Gasteiger charge is -2.21. The number of benzene rings is 1. The number of nitrogens with zero attached hydrogens (tertiary/aromatic N) is 3. The number of aromatic nitrogens is 3.